The number of rotatable bonds is 4. The molecule has 0 aromatic heterocycles. The minimum absolute atomic E-state index is 0.533. The molecule has 1 aromatic carbocycles. The van der Waals surface area contributed by atoms with Crippen LogP contribution in [0.4, 0.5) is 0 Å². The molecule has 2 aliphatic rings. The number of halogens is 1. The molecule has 1 saturated carbocycles. The lowest BCUT2D eigenvalue weighted by atomic mass is 9.71. The van der Waals surface area contributed by atoms with E-state index in [4.69, 9.17) is 11.6 Å². The molecule has 0 aliphatic heterocycles. The van der Waals surface area contributed by atoms with Gasteiger partial charge in [0.1, 0.15) is 0 Å². The summed E-state index contributed by atoms with van der Waals surface area (Å²) in [5.74, 6) is 1.74. The van der Waals surface area contributed by atoms with Crippen LogP contribution in [0.15, 0.2) is 36.4 Å². The first-order valence-electron chi connectivity index (χ1n) is 6.89. The number of benzene rings is 1. The second-order valence-electron chi connectivity index (χ2n) is 5.74. The van der Waals surface area contributed by atoms with Crippen LogP contribution < -0.4 is 5.32 Å². The van der Waals surface area contributed by atoms with Crippen molar-refractivity contribution in [3.63, 3.8) is 0 Å². The molecule has 2 heteroatoms. The van der Waals surface area contributed by atoms with Crippen LogP contribution in [0.3, 0.4) is 0 Å². The predicted molar refractivity (Wildman–Crippen MR) is 76.9 cm³/mol. The maximum atomic E-state index is 5.90. The predicted octanol–water partition coefficient (Wildman–Crippen LogP) is 3.83. The molecule has 96 valence electrons. The standard InChI is InChI=1S/C16H20ClN/c1-11(9-12-5-7-14(17)8-6-12)18-16-10-13-3-2-4-15(13)16/h2,4-8,11,13,15-16,18H,3,9-10H2,1H3. The van der Waals surface area contributed by atoms with E-state index in [1.807, 2.05) is 12.1 Å². The van der Waals surface area contributed by atoms with E-state index in [0.29, 0.717) is 12.1 Å². The monoisotopic (exact) mass is 261 g/mol. The summed E-state index contributed by atoms with van der Waals surface area (Å²) in [6.45, 7) is 2.28. The quantitative estimate of drug-likeness (QED) is 0.813. The largest absolute Gasteiger partial charge is 0.311 e. The SMILES string of the molecule is CC(Cc1ccc(Cl)cc1)NC1CC2CC=CC21. The van der Waals surface area contributed by atoms with E-state index in [1.54, 1.807) is 0 Å². The maximum absolute atomic E-state index is 5.90. The van der Waals surface area contributed by atoms with Gasteiger partial charge in [-0.2, -0.15) is 0 Å². The first-order valence-corrected chi connectivity index (χ1v) is 7.27. The van der Waals surface area contributed by atoms with Gasteiger partial charge in [-0.05, 0) is 55.7 Å². The molecular formula is C16H20ClN. The molecule has 0 spiro atoms. The highest BCUT2D eigenvalue weighted by Crippen LogP contribution is 2.42. The van der Waals surface area contributed by atoms with Crippen molar-refractivity contribution in [1.82, 2.24) is 5.32 Å². The van der Waals surface area contributed by atoms with Crippen LogP contribution in [0.25, 0.3) is 0 Å². The normalized spacial score (nSPS) is 30.9. The smallest absolute Gasteiger partial charge is 0.0406 e. The molecule has 1 fully saturated rings. The van der Waals surface area contributed by atoms with E-state index < -0.39 is 0 Å². The lowest BCUT2D eigenvalue weighted by Crippen LogP contribution is -2.51. The first kappa shape index (κ1) is 12.3. The third-order valence-electron chi connectivity index (χ3n) is 4.32. The lowest BCUT2D eigenvalue weighted by Gasteiger charge is -2.42. The van der Waals surface area contributed by atoms with Crippen LogP contribution >= 0.6 is 11.6 Å². The molecule has 1 aromatic rings. The van der Waals surface area contributed by atoms with E-state index in [-0.39, 0.29) is 0 Å². The summed E-state index contributed by atoms with van der Waals surface area (Å²) < 4.78 is 0. The molecule has 0 bridgehead atoms. The van der Waals surface area contributed by atoms with Gasteiger partial charge in [0.2, 0.25) is 0 Å². The van der Waals surface area contributed by atoms with Crippen LogP contribution in [-0.2, 0) is 6.42 Å². The van der Waals surface area contributed by atoms with Crippen molar-refractivity contribution < 1.29 is 0 Å². The molecule has 1 N–H and O–H groups in total. The Morgan fingerprint density at radius 1 is 1.33 bits per heavy atom. The van der Waals surface area contributed by atoms with Crippen molar-refractivity contribution in [3.8, 4) is 0 Å². The molecule has 18 heavy (non-hydrogen) atoms. The summed E-state index contributed by atoms with van der Waals surface area (Å²) in [5.41, 5.74) is 1.36. The van der Waals surface area contributed by atoms with Gasteiger partial charge in [-0.3, -0.25) is 0 Å². The molecule has 3 rings (SSSR count). The molecule has 4 atom stereocenters. The Bertz CT molecular complexity index is 437. The van der Waals surface area contributed by atoms with Crippen molar-refractivity contribution in [2.24, 2.45) is 11.8 Å². The van der Waals surface area contributed by atoms with Gasteiger partial charge in [0, 0.05) is 17.1 Å². The Balaban J connectivity index is 1.51. The molecule has 0 radical (unpaired) electrons. The Hall–Kier alpha value is -0.790. The highest BCUT2D eigenvalue weighted by atomic mass is 35.5. The van der Waals surface area contributed by atoms with Gasteiger partial charge in [0.05, 0.1) is 0 Å². The molecule has 0 heterocycles. The molecular weight excluding hydrogens is 242 g/mol. The number of fused-ring (bicyclic) bond motifs is 1. The summed E-state index contributed by atoms with van der Waals surface area (Å²) >= 11 is 5.90. The number of hydrogen-bond acceptors (Lipinski definition) is 1. The number of allylic oxidation sites excluding steroid dienone is 1. The van der Waals surface area contributed by atoms with Gasteiger partial charge >= 0.3 is 0 Å². The Morgan fingerprint density at radius 3 is 2.83 bits per heavy atom. The van der Waals surface area contributed by atoms with Gasteiger partial charge in [-0.1, -0.05) is 35.9 Å². The highest BCUT2D eigenvalue weighted by molar-refractivity contribution is 6.30. The lowest BCUT2D eigenvalue weighted by molar-refractivity contribution is 0.152. The van der Waals surface area contributed by atoms with Gasteiger partial charge in [0.15, 0.2) is 0 Å². The van der Waals surface area contributed by atoms with Gasteiger partial charge in [-0.25, -0.2) is 0 Å². The van der Waals surface area contributed by atoms with Gasteiger partial charge < -0.3 is 5.32 Å². The fourth-order valence-corrected chi connectivity index (χ4v) is 3.43. The zero-order valence-electron chi connectivity index (χ0n) is 10.8. The van der Waals surface area contributed by atoms with Crippen LogP contribution in [0.1, 0.15) is 25.3 Å². The summed E-state index contributed by atoms with van der Waals surface area (Å²) in [7, 11) is 0. The average molecular weight is 262 g/mol. The van der Waals surface area contributed by atoms with Crippen LogP contribution in [0.5, 0.6) is 0 Å². The Morgan fingerprint density at radius 2 is 2.11 bits per heavy atom. The zero-order valence-corrected chi connectivity index (χ0v) is 11.5. The van der Waals surface area contributed by atoms with Crippen LogP contribution in [0, 0.1) is 11.8 Å². The van der Waals surface area contributed by atoms with Crippen molar-refractivity contribution in [3.05, 3.63) is 47.0 Å². The summed E-state index contributed by atoms with van der Waals surface area (Å²) in [5, 5.41) is 4.58. The van der Waals surface area contributed by atoms with E-state index in [1.165, 1.54) is 18.4 Å². The van der Waals surface area contributed by atoms with Gasteiger partial charge in [0.25, 0.3) is 0 Å². The fraction of sp³-hybridized carbons (Fsp3) is 0.500. The summed E-state index contributed by atoms with van der Waals surface area (Å²) in [6.07, 6.45) is 8.48. The van der Waals surface area contributed by atoms with E-state index in [2.05, 4.69) is 36.5 Å². The topological polar surface area (TPSA) is 12.0 Å². The number of hydrogen-bond donors (Lipinski definition) is 1. The molecule has 2 aliphatic carbocycles. The van der Waals surface area contributed by atoms with E-state index in [0.717, 1.165) is 23.3 Å². The molecule has 1 nitrogen and oxygen atoms in total. The second kappa shape index (κ2) is 5.07. The first-order chi connectivity index (χ1) is 8.72. The van der Waals surface area contributed by atoms with Crippen molar-refractivity contribution in [2.45, 2.75) is 38.3 Å². The summed E-state index contributed by atoms with van der Waals surface area (Å²) in [6, 6.07) is 9.44. The van der Waals surface area contributed by atoms with Crippen LogP contribution in [-0.4, -0.2) is 12.1 Å². The Labute approximate surface area is 114 Å². The highest BCUT2D eigenvalue weighted by Gasteiger charge is 2.41. The molecule has 0 saturated heterocycles. The number of nitrogens with one attached hydrogen (secondary N) is 1. The zero-order chi connectivity index (χ0) is 12.5. The third-order valence-corrected chi connectivity index (χ3v) is 4.57. The molecule has 0 amide bonds. The van der Waals surface area contributed by atoms with E-state index >= 15 is 0 Å². The fourth-order valence-electron chi connectivity index (χ4n) is 3.31. The van der Waals surface area contributed by atoms with Gasteiger partial charge in [-0.15, -0.1) is 0 Å². The average Bonchev–Trinajstić information content (AvgIpc) is 2.71. The minimum Gasteiger partial charge on any atom is -0.311 e. The summed E-state index contributed by atoms with van der Waals surface area (Å²) in [4.78, 5) is 0. The van der Waals surface area contributed by atoms with E-state index in [9.17, 15) is 0 Å². The second-order valence-corrected chi connectivity index (χ2v) is 6.18. The van der Waals surface area contributed by atoms with Crippen molar-refractivity contribution in [1.29, 1.82) is 0 Å². The Kier molecular flexibility index (Phi) is 3.45. The van der Waals surface area contributed by atoms with Crippen LogP contribution in [0.2, 0.25) is 5.02 Å². The van der Waals surface area contributed by atoms with Crippen molar-refractivity contribution >= 4 is 11.6 Å². The minimum atomic E-state index is 0.533. The third kappa shape index (κ3) is 2.48. The van der Waals surface area contributed by atoms with Crippen molar-refractivity contribution in [2.75, 3.05) is 0 Å². The molecule has 4 unspecified atom stereocenters. The maximum Gasteiger partial charge on any atom is 0.0406 e.